The molecule has 5 heterocycles. The van der Waals surface area contributed by atoms with Gasteiger partial charge in [-0.15, -0.1) is 0 Å². The van der Waals surface area contributed by atoms with Gasteiger partial charge in [-0.25, -0.2) is 0 Å². The van der Waals surface area contributed by atoms with E-state index < -0.39 is 6.04 Å². The quantitative estimate of drug-likeness (QED) is 0.384. The highest BCUT2D eigenvalue weighted by Crippen LogP contribution is 2.40. The topological polar surface area (TPSA) is 112 Å². The largest absolute Gasteiger partial charge is 0.494 e. The maximum Gasteiger partial charge on any atom is 0.260 e. The van der Waals surface area contributed by atoms with Crippen LogP contribution in [0.3, 0.4) is 0 Å². The molecular weight excluding hydrogens is 536 g/mol. The van der Waals surface area contributed by atoms with Crippen LogP contribution in [0.2, 0.25) is 0 Å². The Morgan fingerprint density at radius 2 is 1.90 bits per heavy atom. The van der Waals surface area contributed by atoms with E-state index in [2.05, 4.69) is 15.3 Å². The number of amides is 2. The number of ether oxygens (including phenoxy) is 4. The molecule has 42 heavy (non-hydrogen) atoms. The number of carbonyl (C=O) groups is 2. The number of aromatic nitrogens is 2. The van der Waals surface area contributed by atoms with E-state index in [0.717, 1.165) is 16.7 Å². The van der Waals surface area contributed by atoms with E-state index in [0.29, 0.717) is 66.8 Å². The van der Waals surface area contributed by atoms with Crippen molar-refractivity contribution < 1.29 is 28.5 Å². The summed E-state index contributed by atoms with van der Waals surface area (Å²) in [4.78, 5) is 37.1. The molecule has 0 aliphatic carbocycles. The van der Waals surface area contributed by atoms with Crippen molar-refractivity contribution in [2.75, 3.05) is 33.9 Å². The van der Waals surface area contributed by atoms with Gasteiger partial charge in [0.2, 0.25) is 11.8 Å². The first-order valence-electron chi connectivity index (χ1n) is 13.7. The fraction of sp³-hybridized carbons (Fsp3) is 0.250. The summed E-state index contributed by atoms with van der Waals surface area (Å²) in [6, 6.07) is 18.2. The van der Waals surface area contributed by atoms with Gasteiger partial charge in [0.05, 0.1) is 38.6 Å². The molecule has 2 aromatic carbocycles. The first-order valence-corrected chi connectivity index (χ1v) is 13.7. The van der Waals surface area contributed by atoms with Crippen LogP contribution in [0.4, 0.5) is 0 Å². The zero-order valence-electron chi connectivity index (χ0n) is 23.3. The molecule has 0 saturated carbocycles. The van der Waals surface area contributed by atoms with Crippen molar-refractivity contribution >= 4 is 11.8 Å². The van der Waals surface area contributed by atoms with Gasteiger partial charge in [0.1, 0.15) is 22.8 Å². The van der Waals surface area contributed by atoms with E-state index in [1.54, 1.807) is 24.4 Å². The van der Waals surface area contributed by atoms with Crippen LogP contribution in [-0.4, -0.2) is 60.6 Å². The lowest BCUT2D eigenvalue weighted by atomic mass is 9.87. The zero-order valence-corrected chi connectivity index (χ0v) is 23.3. The van der Waals surface area contributed by atoms with E-state index in [1.165, 1.54) is 20.4 Å². The summed E-state index contributed by atoms with van der Waals surface area (Å²) >= 11 is 0. The van der Waals surface area contributed by atoms with Gasteiger partial charge in [0.25, 0.3) is 11.8 Å². The number of nitrogens with zero attached hydrogens (tertiary/aromatic N) is 3. The predicted octanol–water partition coefficient (Wildman–Crippen LogP) is 4.59. The summed E-state index contributed by atoms with van der Waals surface area (Å²) in [7, 11) is 3.00. The van der Waals surface area contributed by atoms with Crippen LogP contribution >= 0.6 is 0 Å². The third-order valence-electron chi connectivity index (χ3n) is 7.33. The minimum atomic E-state index is -0.395. The number of nitrogens with one attached hydrogen (secondary N) is 1. The molecule has 0 radical (unpaired) electrons. The molecule has 3 aliphatic heterocycles. The number of fused-ring (bicyclic) bond motifs is 6. The van der Waals surface area contributed by atoms with Crippen molar-refractivity contribution in [3.63, 3.8) is 0 Å². The van der Waals surface area contributed by atoms with Gasteiger partial charge in [-0.2, -0.15) is 4.98 Å². The van der Waals surface area contributed by atoms with E-state index in [4.69, 9.17) is 18.9 Å². The van der Waals surface area contributed by atoms with E-state index in [9.17, 15) is 9.59 Å². The Labute approximate surface area is 243 Å². The average molecular weight is 567 g/mol. The second-order valence-electron chi connectivity index (χ2n) is 9.96. The maximum atomic E-state index is 14.1. The molecule has 4 aromatic rings. The Hall–Kier alpha value is -5.12. The van der Waals surface area contributed by atoms with Crippen molar-refractivity contribution in [1.82, 2.24) is 20.2 Å². The Morgan fingerprint density at radius 3 is 2.76 bits per heavy atom. The summed E-state index contributed by atoms with van der Waals surface area (Å²) in [5, 5.41) is 2.90. The maximum absolute atomic E-state index is 14.1. The number of methoxy groups -OCH3 is 2. The van der Waals surface area contributed by atoms with E-state index in [1.807, 2.05) is 47.4 Å². The molecule has 2 amide bonds. The summed E-state index contributed by atoms with van der Waals surface area (Å²) in [6.07, 6.45) is 4.31. The number of carbonyl (C=O) groups excluding carboxylic acids is 2. The second-order valence-corrected chi connectivity index (χ2v) is 9.96. The molecule has 3 aliphatic rings. The summed E-state index contributed by atoms with van der Waals surface area (Å²) in [5.74, 6) is 1.90. The minimum absolute atomic E-state index is 0.203. The number of hydrogen-bond acceptors (Lipinski definition) is 8. The molecule has 10 heteroatoms. The normalized spacial score (nSPS) is 16.3. The summed E-state index contributed by atoms with van der Waals surface area (Å²) < 4.78 is 22.9. The van der Waals surface area contributed by atoms with E-state index >= 15 is 0 Å². The molecule has 10 nitrogen and oxygen atoms in total. The fourth-order valence-corrected chi connectivity index (χ4v) is 5.33. The minimum Gasteiger partial charge on any atom is -0.494 e. The Kier molecular flexibility index (Phi) is 7.59. The van der Waals surface area contributed by atoms with Gasteiger partial charge in [-0.1, -0.05) is 18.2 Å². The monoisotopic (exact) mass is 566 g/mol. The highest BCUT2D eigenvalue weighted by Gasteiger charge is 2.34. The van der Waals surface area contributed by atoms with Gasteiger partial charge < -0.3 is 29.2 Å². The van der Waals surface area contributed by atoms with Crippen molar-refractivity contribution in [2.45, 2.75) is 18.9 Å². The van der Waals surface area contributed by atoms with Gasteiger partial charge in [-0.3, -0.25) is 14.6 Å². The molecule has 1 unspecified atom stereocenters. The molecule has 7 rings (SSSR count). The molecule has 0 spiro atoms. The number of hydrogen-bond donors (Lipinski definition) is 1. The smallest absolute Gasteiger partial charge is 0.260 e. The molecule has 214 valence electrons. The highest BCUT2D eigenvalue weighted by molar-refractivity contribution is 5.97. The molecular formula is C32H30N4O6. The molecule has 8 bridgehead atoms. The predicted molar refractivity (Wildman–Crippen MR) is 154 cm³/mol. The molecule has 0 saturated heterocycles. The van der Waals surface area contributed by atoms with Crippen molar-refractivity contribution in [1.29, 1.82) is 0 Å². The van der Waals surface area contributed by atoms with Crippen LogP contribution in [0.25, 0.3) is 0 Å². The number of rotatable bonds is 3. The van der Waals surface area contributed by atoms with Crippen LogP contribution < -0.4 is 24.3 Å². The Balaban J connectivity index is 1.43. The third-order valence-corrected chi connectivity index (χ3v) is 7.33. The summed E-state index contributed by atoms with van der Waals surface area (Å²) in [6.45, 7) is 1.31. The SMILES string of the molecule is COc1ccc(C(=O)N2CCc3cc4ccc3C2c2cccc(c2)OCCCNC(=O)c2cncc(c2)O4)c(OC)n1. The van der Waals surface area contributed by atoms with Gasteiger partial charge in [0, 0.05) is 25.4 Å². The number of benzene rings is 2. The van der Waals surface area contributed by atoms with Crippen molar-refractivity contribution in [2.24, 2.45) is 0 Å². The van der Waals surface area contributed by atoms with E-state index in [-0.39, 0.29) is 17.7 Å². The standard InChI is InChI=1S/C32H30N4O6/c1-39-28-10-9-27(31(35-28)40-2)32(38)36-13-11-20-15-24-7-8-26(20)29(36)21-5-3-6-23(16-21)41-14-4-12-34-30(37)22-17-25(42-24)19-33-18-22/h3,5-10,15-19,29H,4,11-14H2,1-2H3,(H,34,37). The van der Waals surface area contributed by atoms with Crippen LogP contribution in [0.15, 0.2) is 73.1 Å². The highest BCUT2D eigenvalue weighted by atomic mass is 16.5. The second kappa shape index (κ2) is 11.8. The van der Waals surface area contributed by atoms with Crippen molar-refractivity contribution in [3.8, 4) is 29.0 Å². The molecule has 0 fully saturated rings. The lowest BCUT2D eigenvalue weighted by Gasteiger charge is -2.38. The number of pyridine rings is 2. The van der Waals surface area contributed by atoms with Crippen LogP contribution in [0.5, 0.6) is 29.0 Å². The first-order chi connectivity index (χ1) is 20.5. The average Bonchev–Trinajstić information content (AvgIpc) is 3.03. The van der Waals surface area contributed by atoms with Crippen LogP contribution in [0, 0.1) is 0 Å². The molecule has 1 atom stereocenters. The third kappa shape index (κ3) is 5.43. The first kappa shape index (κ1) is 27.1. The lowest BCUT2D eigenvalue weighted by molar-refractivity contribution is 0.0689. The van der Waals surface area contributed by atoms with Gasteiger partial charge in [-0.05, 0) is 65.9 Å². The van der Waals surface area contributed by atoms with Gasteiger partial charge in [0.15, 0.2) is 0 Å². The molecule has 1 N–H and O–H groups in total. The van der Waals surface area contributed by atoms with Crippen LogP contribution in [-0.2, 0) is 6.42 Å². The Morgan fingerprint density at radius 1 is 1.00 bits per heavy atom. The molecule has 2 aromatic heterocycles. The Bertz CT molecular complexity index is 1640. The lowest BCUT2D eigenvalue weighted by Crippen LogP contribution is -2.40. The van der Waals surface area contributed by atoms with Crippen LogP contribution in [0.1, 0.15) is 49.9 Å². The summed E-state index contributed by atoms with van der Waals surface area (Å²) in [5.41, 5.74) is 3.70. The van der Waals surface area contributed by atoms with Gasteiger partial charge >= 0.3 is 0 Å². The zero-order chi connectivity index (χ0) is 29.1. The van der Waals surface area contributed by atoms with Crippen molar-refractivity contribution in [3.05, 3.63) is 101 Å². The fourth-order valence-electron chi connectivity index (χ4n) is 5.33.